The molecule has 3 nitrogen and oxygen atoms in total. The standard InChI is InChI=1S/C16H33N3/c1-4-6-13-8-9-15(17)16(11-13)19(3)12-14-7-5-10-18(14)2/h13-16H,4-12,17H2,1-3H3. The van der Waals surface area contributed by atoms with Crippen molar-refractivity contribution in [3.63, 3.8) is 0 Å². The number of nitrogens with zero attached hydrogens (tertiary/aromatic N) is 2. The molecule has 2 aliphatic rings. The quantitative estimate of drug-likeness (QED) is 0.829. The first kappa shape index (κ1) is 15.3. The summed E-state index contributed by atoms with van der Waals surface area (Å²) in [6.07, 6.45) is 9.33. The zero-order valence-corrected chi connectivity index (χ0v) is 13.1. The van der Waals surface area contributed by atoms with Crippen molar-refractivity contribution in [3.8, 4) is 0 Å². The van der Waals surface area contributed by atoms with E-state index in [-0.39, 0.29) is 0 Å². The van der Waals surface area contributed by atoms with E-state index in [1.165, 1.54) is 58.0 Å². The van der Waals surface area contributed by atoms with Crippen LogP contribution in [0.1, 0.15) is 51.9 Å². The van der Waals surface area contributed by atoms with Gasteiger partial charge in [0.25, 0.3) is 0 Å². The van der Waals surface area contributed by atoms with E-state index in [0.717, 1.165) is 12.0 Å². The Morgan fingerprint density at radius 3 is 2.68 bits per heavy atom. The molecule has 19 heavy (non-hydrogen) atoms. The highest BCUT2D eigenvalue weighted by Gasteiger charge is 2.32. The van der Waals surface area contributed by atoms with Crippen molar-refractivity contribution in [3.05, 3.63) is 0 Å². The van der Waals surface area contributed by atoms with Gasteiger partial charge in [0.05, 0.1) is 0 Å². The zero-order chi connectivity index (χ0) is 13.8. The molecule has 0 spiro atoms. The first-order valence-corrected chi connectivity index (χ1v) is 8.27. The van der Waals surface area contributed by atoms with Gasteiger partial charge < -0.3 is 15.5 Å². The molecule has 2 rings (SSSR count). The maximum absolute atomic E-state index is 6.39. The lowest BCUT2D eigenvalue weighted by molar-refractivity contribution is 0.108. The van der Waals surface area contributed by atoms with E-state index >= 15 is 0 Å². The van der Waals surface area contributed by atoms with Crippen LogP contribution in [-0.4, -0.2) is 55.1 Å². The fourth-order valence-electron chi connectivity index (χ4n) is 4.11. The van der Waals surface area contributed by atoms with E-state index in [9.17, 15) is 0 Å². The van der Waals surface area contributed by atoms with Gasteiger partial charge in [0, 0.05) is 24.7 Å². The predicted octanol–water partition coefficient (Wildman–Crippen LogP) is 2.31. The van der Waals surface area contributed by atoms with Gasteiger partial charge in [-0.1, -0.05) is 19.8 Å². The molecule has 1 saturated heterocycles. The van der Waals surface area contributed by atoms with Crippen LogP contribution in [0.25, 0.3) is 0 Å². The Bertz CT molecular complexity index is 269. The molecule has 4 atom stereocenters. The number of rotatable bonds is 5. The molecule has 0 radical (unpaired) electrons. The largest absolute Gasteiger partial charge is 0.326 e. The molecule has 1 aliphatic heterocycles. The van der Waals surface area contributed by atoms with E-state index in [4.69, 9.17) is 5.73 Å². The van der Waals surface area contributed by atoms with Gasteiger partial charge in [-0.05, 0) is 58.7 Å². The second-order valence-electron chi connectivity index (χ2n) is 6.92. The van der Waals surface area contributed by atoms with Crippen LogP contribution in [-0.2, 0) is 0 Å². The van der Waals surface area contributed by atoms with E-state index in [2.05, 4.69) is 30.8 Å². The normalized spacial score (nSPS) is 37.1. The van der Waals surface area contributed by atoms with Crippen LogP contribution in [0, 0.1) is 5.92 Å². The Kier molecular flexibility index (Phi) is 5.67. The van der Waals surface area contributed by atoms with Crippen molar-refractivity contribution in [2.75, 3.05) is 27.2 Å². The van der Waals surface area contributed by atoms with Gasteiger partial charge >= 0.3 is 0 Å². The first-order chi connectivity index (χ1) is 9.11. The molecule has 0 aromatic heterocycles. The highest BCUT2D eigenvalue weighted by molar-refractivity contribution is 4.90. The Balaban J connectivity index is 1.86. The highest BCUT2D eigenvalue weighted by Crippen LogP contribution is 2.30. The van der Waals surface area contributed by atoms with Crippen LogP contribution in [0.2, 0.25) is 0 Å². The fourth-order valence-corrected chi connectivity index (χ4v) is 4.11. The molecule has 0 aromatic rings. The maximum atomic E-state index is 6.39. The average molecular weight is 267 g/mol. The smallest absolute Gasteiger partial charge is 0.0247 e. The average Bonchev–Trinajstić information content (AvgIpc) is 2.77. The van der Waals surface area contributed by atoms with Crippen LogP contribution in [0.15, 0.2) is 0 Å². The molecular weight excluding hydrogens is 234 g/mol. The van der Waals surface area contributed by atoms with Crippen LogP contribution < -0.4 is 5.73 Å². The Labute approximate surface area is 119 Å². The van der Waals surface area contributed by atoms with Gasteiger partial charge in [0.1, 0.15) is 0 Å². The minimum Gasteiger partial charge on any atom is -0.326 e. The van der Waals surface area contributed by atoms with Crippen molar-refractivity contribution < 1.29 is 0 Å². The van der Waals surface area contributed by atoms with E-state index in [0.29, 0.717) is 12.1 Å². The molecule has 0 aromatic carbocycles. The third kappa shape index (κ3) is 3.93. The lowest BCUT2D eigenvalue weighted by Crippen LogP contribution is -2.52. The number of hydrogen-bond acceptors (Lipinski definition) is 3. The summed E-state index contributed by atoms with van der Waals surface area (Å²) in [4.78, 5) is 5.09. The number of likely N-dealkylation sites (N-methyl/N-ethyl adjacent to an activating group) is 2. The zero-order valence-electron chi connectivity index (χ0n) is 13.1. The third-order valence-corrected chi connectivity index (χ3v) is 5.41. The summed E-state index contributed by atoms with van der Waals surface area (Å²) in [7, 11) is 4.57. The van der Waals surface area contributed by atoms with E-state index in [1.54, 1.807) is 0 Å². The van der Waals surface area contributed by atoms with Crippen LogP contribution >= 0.6 is 0 Å². The highest BCUT2D eigenvalue weighted by atomic mass is 15.2. The number of hydrogen-bond donors (Lipinski definition) is 1. The second-order valence-corrected chi connectivity index (χ2v) is 6.92. The topological polar surface area (TPSA) is 32.5 Å². The van der Waals surface area contributed by atoms with Gasteiger partial charge in [0.15, 0.2) is 0 Å². The van der Waals surface area contributed by atoms with Gasteiger partial charge in [-0.15, -0.1) is 0 Å². The van der Waals surface area contributed by atoms with Gasteiger partial charge in [-0.2, -0.15) is 0 Å². The van der Waals surface area contributed by atoms with Crippen molar-refractivity contribution in [2.24, 2.45) is 11.7 Å². The van der Waals surface area contributed by atoms with Crippen LogP contribution in [0.5, 0.6) is 0 Å². The number of likely N-dealkylation sites (tertiary alicyclic amines) is 1. The monoisotopic (exact) mass is 267 g/mol. The molecule has 0 amide bonds. The van der Waals surface area contributed by atoms with E-state index in [1.807, 2.05) is 0 Å². The summed E-state index contributed by atoms with van der Waals surface area (Å²) >= 11 is 0. The molecule has 3 heteroatoms. The van der Waals surface area contributed by atoms with Crippen LogP contribution in [0.3, 0.4) is 0 Å². The van der Waals surface area contributed by atoms with Crippen molar-refractivity contribution in [2.45, 2.75) is 70.0 Å². The summed E-state index contributed by atoms with van der Waals surface area (Å²) in [5.41, 5.74) is 6.39. The lowest BCUT2D eigenvalue weighted by Gasteiger charge is -2.41. The van der Waals surface area contributed by atoms with Crippen LogP contribution in [0.4, 0.5) is 0 Å². The number of nitrogens with two attached hydrogens (primary N) is 1. The molecule has 1 aliphatic carbocycles. The van der Waals surface area contributed by atoms with Crippen molar-refractivity contribution >= 4 is 0 Å². The minimum atomic E-state index is 0.393. The molecule has 4 unspecified atom stereocenters. The predicted molar refractivity (Wildman–Crippen MR) is 82.3 cm³/mol. The molecule has 1 heterocycles. The molecule has 0 bridgehead atoms. The van der Waals surface area contributed by atoms with Gasteiger partial charge in [-0.3, -0.25) is 0 Å². The van der Waals surface area contributed by atoms with Gasteiger partial charge in [0.2, 0.25) is 0 Å². The molecule has 1 saturated carbocycles. The Morgan fingerprint density at radius 2 is 2.05 bits per heavy atom. The second kappa shape index (κ2) is 7.05. The molecule has 2 fully saturated rings. The lowest BCUT2D eigenvalue weighted by atomic mass is 9.80. The molecular formula is C16H33N3. The molecule has 112 valence electrons. The van der Waals surface area contributed by atoms with Gasteiger partial charge in [-0.25, -0.2) is 0 Å². The third-order valence-electron chi connectivity index (χ3n) is 5.41. The maximum Gasteiger partial charge on any atom is 0.0247 e. The summed E-state index contributed by atoms with van der Waals surface area (Å²) < 4.78 is 0. The van der Waals surface area contributed by atoms with Crippen molar-refractivity contribution in [1.29, 1.82) is 0 Å². The summed E-state index contributed by atoms with van der Waals surface area (Å²) in [6.45, 7) is 4.78. The minimum absolute atomic E-state index is 0.393. The Hall–Kier alpha value is -0.120. The summed E-state index contributed by atoms with van der Waals surface area (Å²) in [5, 5.41) is 0. The van der Waals surface area contributed by atoms with Crippen molar-refractivity contribution in [1.82, 2.24) is 9.80 Å². The summed E-state index contributed by atoms with van der Waals surface area (Å²) in [6, 6.07) is 1.76. The first-order valence-electron chi connectivity index (χ1n) is 8.27. The van der Waals surface area contributed by atoms with E-state index < -0.39 is 0 Å². The SMILES string of the molecule is CCCC1CCC(N)C(N(C)CC2CCCN2C)C1. The summed E-state index contributed by atoms with van der Waals surface area (Å²) in [5.74, 6) is 0.915. The fraction of sp³-hybridized carbons (Fsp3) is 1.00. The molecule has 2 N–H and O–H groups in total. The Morgan fingerprint density at radius 1 is 1.26 bits per heavy atom.